The van der Waals surface area contributed by atoms with Crippen LogP contribution in [0, 0.1) is 0 Å². The Morgan fingerprint density at radius 3 is 2.50 bits per heavy atom. The van der Waals surface area contributed by atoms with Crippen LogP contribution in [0.25, 0.3) is 0 Å². The summed E-state index contributed by atoms with van der Waals surface area (Å²) in [7, 11) is -0.900. The van der Waals surface area contributed by atoms with E-state index < -0.39 is 7.12 Å². The smallest absolute Gasteiger partial charge is 0.423 e. The van der Waals surface area contributed by atoms with Crippen LogP contribution in [0.5, 0.6) is 0 Å². The highest BCUT2D eigenvalue weighted by atomic mass is 16.5. The lowest BCUT2D eigenvalue weighted by Crippen LogP contribution is -2.28. The maximum absolute atomic E-state index is 9.40. The summed E-state index contributed by atoms with van der Waals surface area (Å²) in [6, 6.07) is 3.44. The number of aliphatic hydroxyl groups is 2. The lowest BCUT2D eigenvalue weighted by atomic mass is 9.78. The molecule has 0 aliphatic carbocycles. The van der Waals surface area contributed by atoms with Gasteiger partial charge in [-0.3, -0.25) is 0 Å². The van der Waals surface area contributed by atoms with E-state index in [-0.39, 0.29) is 13.2 Å². The topological polar surface area (TPSA) is 69.9 Å². The standard InChI is InChI=1S/C9H11BO4/c11-3-6-1-8-5-14-10(13)9(8)2-7(6)4-12/h1-2,11-13H,3-5H2. The lowest BCUT2D eigenvalue weighted by molar-refractivity contribution is 0.259. The third kappa shape index (κ3) is 1.44. The Bertz CT molecular complexity index is 352. The van der Waals surface area contributed by atoms with E-state index in [2.05, 4.69) is 0 Å². The molecule has 2 rings (SSSR count). The Kier molecular flexibility index (Phi) is 2.56. The summed E-state index contributed by atoms with van der Waals surface area (Å²) >= 11 is 0. The van der Waals surface area contributed by atoms with Crippen molar-refractivity contribution in [1.82, 2.24) is 0 Å². The molecule has 3 N–H and O–H groups in total. The maximum Gasteiger partial charge on any atom is 0.491 e. The highest BCUT2D eigenvalue weighted by Crippen LogP contribution is 2.16. The van der Waals surface area contributed by atoms with Crippen LogP contribution >= 0.6 is 0 Å². The molecule has 0 saturated carbocycles. The lowest BCUT2D eigenvalue weighted by Gasteiger charge is -2.07. The van der Waals surface area contributed by atoms with Crippen molar-refractivity contribution in [2.45, 2.75) is 19.8 Å². The van der Waals surface area contributed by atoms with E-state index in [0.29, 0.717) is 23.2 Å². The van der Waals surface area contributed by atoms with Gasteiger partial charge in [0.1, 0.15) is 0 Å². The molecule has 0 bridgehead atoms. The Morgan fingerprint density at radius 1 is 1.21 bits per heavy atom. The normalized spacial score (nSPS) is 14.6. The van der Waals surface area contributed by atoms with E-state index in [0.717, 1.165) is 5.56 Å². The molecule has 0 radical (unpaired) electrons. The van der Waals surface area contributed by atoms with Crippen molar-refractivity contribution in [1.29, 1.82) is 0 Å². The first kappa shape index (κ1) is 9.67. The first-order valence-electron chi connectivity index (χ1n) is 4.42. The molecule has 5 heteroatoms. The molecule has 0 atom stereocenters. The molecule has 0 amide bonds. The quantitative estimate of drug-likeness (QED) is 0.522. The van der Waals surface area contributed by atoms with Gasteiger partial charge in [-0.25, -0.2) is 0 Å². The minimum atomic E-state index is -0.900. The predicted octanol–water partition coefficient (Wildman–Crippen LogP) is -1.11. The number of rotatable bonds is 2. The molecular weight excluding hydrogens is 183 g/mol. The van der Waals surface area contributed by atoms with Gasteiger partial charge in [0.25, 0.3) is 0 Å². The van der Waals surface area contributed by atoms with E-state index in [4.69, 9.17) is 14.9 Å². The highest BCUT2D eigenvalue weighted by Gasteiger charge is 2.28. The Balaban J connectivity index is 2.49. The fourth-order valence-electron chi connectivity index (χ4n) is 1.67. The summed E-state index contributed by atoms with van der Waals surface area (Å²) in [6.45, 7) is 0.102. The third-order valence-electron chi connectivity index (χ3n) is 2.46. The first-order valence-corrected chi connectivity index (χ1v) is 4.42. The zero-order valence-corrected chi connectivity index (χ0v) is 7.60. The van der Waals surface area contributed by atoms with E-state index in [9.17, 15) is 5.02 Å². The van der Waals surface area contributed by atoms with Crippen LogP contribution in [-0.4, -0.2) is 22.4 Å². The van der Waals surface area contributed by atoms with Crippen molar-refractivity contribution in [3.63, 3.8) is 0 Å². The molecule has 1 heterocycles. The summed E-state index contributed by atoms with van der Waals surface area (Å²) < 4.78 is 5.01. The fraction of sp³-hybridized carbons (Fsp3) is 0.333. The second kappa shape index (κ2) is 3.71. The zero-order chi connectivity index (χ0) is 10.1. The van der Waals surface area contributed by atoms with Crippen molar-refractivity contribution < 1.29 is 19.9 Å². The highest BCUT2D eigenvalue weighted by molar-refractivity contribution is 6.61. The van der Waals surface area contributed by atoms with Gasteiger partial charge in [0.05, 0.1) is 19.8 Å². The van der Waals surface area contributed by atoms with Crippen molar-refractivity contribution in [2.75, 3.05) is 0 Å². The number of hydrogen-bond acceptors (Lipinski definition) is 4. The predicted molar refractivity (Wildman–Crippen MR) is 50.7 cm³/mol. The van der Waals surface area contributed by atoms with Gasteiger partial charge in [0, 0.05) is 0 Å². The molecule has 1 aliphatic rings. The van der Waals surface area contributed by atoms with E-state index in [1.807, 2.05) is 0 Å². The number of hydrogen-bond donors (Lipinski definition) is 3. The summed E-state index contributed by atoms with van der Waals surface area (Å²) in [6.07, 6.45) is 0. The summed E-state index contributed by atoms with van der Waals surface area (Å²) in [4.78, 5) is 0. The fourth-order valence-corrected chi connectivity index (χ4v) is 1.67. The van der Waals surface area contributed by atoms with Gasteiger partial charge in [0.15, 0.2) is 0 Å². The number of fused-ring (bicyclic) bond motifs is 1. The molecule has 74 valence electrons. The van der Waals surface area contributed by atoms with Gasteiger partial charge in [-0.15, -0.1) is 0 Å². The second-order valence-corrected chi connectivity index (χ2v) is 3.30. The molecule has 14 heavy (non-hydrogen) atoms. The molecule has 0 aromatic heterocycles. The summed E-state index contributed by atoms with van der Waals surface area (Å²) in [5.74, 6) is 0. The van der Waals surface area contributed by atoms with Crippen molar-refractivity contribution in [3.05, 3.63) is 28.8 Å². The molecule has 0 fully saturated rings. The van der Waals surface area contributed by atoms with Crippen molar-refractivity contribution in [2.24, 2.45) is 0 Å². The molecule has 0 saturated heterocycles. The summed E-state index contributed by atoms with van der Waals surface area (Å²) in [5.41, 5.74) is 2.88. The largest absolute Gasteiger partial charge is 0.491 e. The first-order chi connectivity index (χ1) is 6.76. The average molecular weight is 194 g/mol. The van der Waals surface area contributed by atoms with Gasteiger partial charge in [-0.1, -0.05) is 12.1 Å². The third-order valence-corrected chi connectivity index (χ3v) is 2.46. The molecular formula is C9H11BO4. The van der Waals surface area contributed by atoms with E-state index in [1.165, 1.54) is 0 Å². The van der Waals surface area contributed by atoms with E-state index in [1.54, 1.807) is 12.1 Å². The van der Waals surface area contributed by atoms with Crippen LogP contribution in [0.4, 0.5) is 0 Å². The number of aliphatic hydroxyl groups excluding tert-OH is 2. The number of benzene rings is 1. The molecule has 1 aliphatic heterocycles. The molecule has 0 spiro atoms. The van der Waals surface area contributed by atoms with Gasteiger partial charge in [0.2, 0.25) is 0 Å². The van der Waals surface area contributed by atoms with Gasteiger partial charge >= 0.3 is 7.12 Å². The minimum absolute atomic E-state index is 0.112. The Labute approximate surface area is 81.9 Å². The van der Waals surface area contributed by atoms with Crippen LogP contribution in [0.2, 0.25) is 0 Å². The van der Waals surface area contributed by atoms with Crippen LogP contribution in [-0.2, 0) is 24.5 Å². The van der Waals surface area contributed by atoms with Crippen LogP contribution in [0.1, 0.15) is 16.7 Å². The SMILES string of the molecule is OCc1cc2c(cc1CO)B(O)OC2. The summed E-state index contributed by atoms with van der Waals surface area (Å²) in [5, 5.41) is 27.5. The maximum atomic E-state index is 9.40. The van der Waals surface area contributed by atoms with Crippen molar-refractivity contribution >= 4 is 12.6 Å². The molecule has 1 aromatic carbocycles. The molecule has 0 unspecified atom stereocenters. The van der Waals surface area contributed by atoms with Crippen LogP contribution < -0.4 is 5.46 Å². The minimum Gasteiger partial charge on any atom is -0.423 e. The van der Waals surface area contributed by atoms with Crippen LogP contribution in [0.15, 0.2) is 12.1 Å². The van der Waals surface area contributed by atoms with Crippen molar-refractivity contribution in [3.8, 4) is 0 Å². The van der Waals surface area contributed by atoms with Gasteiger partial charge in [-0.05, 0) is 22.2 Å². The Hall–Kier alpha value is -0.875. The van der Waals surface area contributed by atoms with E-state index >= 15 is 0 Å². The van der Waals surface area contributed by atoms with Gasteiger partial charge in [-0.2, -0.15) is 0 Å². The molecule has 4 nitrogen and oxygen atoms in total. The average Bonchev–Trinajstić information content (AvgIpc) is 2.58. The molecule has 1 aromatic rings. The van der Waals surface area contributed by atoms with Gasteiger partial charge < -0.3 is 19.9 Å². The second-order valence-electron chi connectivity index (χ2n) is 3.30. The zero-order valence-electron chi connectivity index (χ0n) is 7.60. The Morgan fingerprint density at radius 2 is 1.86 bits per heavy atom. The van der Waals surface area contributed by atoms with Crippen LogP contribution in [0.3, 0.4) is 0 Å². The monoisotopic (exact) mass is 194 g/mol.